The first kappa shape index (κ1) is 19.5. The zero-order chi connectivity index (χ0) is 17.9. The molecule has 2 heteroatoms. The van der Waals surface area contributed by atoms with E-state index in [2.05, 4.69) is 56.1 Å². The van der Waals surface area contributed by atoms with Crippen LogP contribution in [0.5, 0.6) is 5.75 Å². The highest BCUT2D eigenvalue weighted by Gasteiger charge is 2.09. The molecular weight excluding hydrogens is 306 g/mol. The smallest absolute Gasteiger partial charge is 0.128 e. The maximum Gasteiger partial charge on any atom is 0.128 e. The van der Waals surface area contributed by atoms with Crippen LogP contribution in [0.2, 0.25) is 0 Å². The third-order valence-corrected chi connectivity index (χ3v) is 4.78. The van der Waals surface area contributed by atoms with E-state index in [1.807, 2.05) is 12.3 Å². The molecule has 0 radical (unpaired) electrons. The Morgan fingerprint density at radius 1 is 1.00 bits per heavy atom. The number of hydrogen-bond acceptors (Lipinski definition) is 2. The number of para-hydroxylation sites is 1. The lowest BCUT2D eigenvalue weighted by Crippen LogP contribution is -2.08. The Labute approximate surface area is 153 Å². The molecule has 1 heterocycles. The van der Waals surface area contributed by atoms with Gasteiger partial charge in [0.2, 0.25) is 0 Å². The minimum atomic E-state index is 0.565. The summed E-state index contributed by atoms with van der Waals surface area (Å²) >= 11 is 0. The van der Waals surface area contributed by atoms with E-state index < -0.39 is 0 Å². The van der Waals surface area contributed by atoms with Crippen LogP contribution in [-0.2, 0) is 6.42 Å². The van der Waals surface area contributed by atoms with Gasteiger partial charge < -0.3 is 4.74 Å². The molecule has 136 valence electrons. The molecule has 0 N–H and O–H groups in total. The van der Waals surface area contributed by atoms with Crippen molar-refractivity contribution < 1.29 is 4.74 Å². The molecule has 0 spiro atoms. The van der Waals surface area contributed by atoms with Crippen LogP contribution in [0.1, 0.15) is 64.9 Å². The number of pyridine rings is 1. The molecule has 1 aromatic carbocycles. The SMILES string of the molecule is CCCCCCCc1ccnc(-c2ccccc2OCC(C)CC)c1. The van der Waals surface area contributed by atoms with Gasteiger partial charge in [-0.15, -0.1) is 0 Å². The van der Waals surface area contributed by atoms with Crippen molar-refractivity contribution in [2.45, 2.75) is 65.7 Å². The van der Waals surface area contributed by atoms with Crippen molar-refractivity contribution >= 4 is 0 Å². The number of aryl methyl sites for hydroxylation is 1. The molecule has 1 unspecified atom stereocenters. The summed E-state index contributed by atoms with van der Waals surface area (Å²) in [5.41, 5.74) is 3.49. The summed E-state index contributed by atoms with van der Waals surface area (Å²) < 4.78 is 6.07. The zero-order valence-electron chi connectivity index (χ0n) is 16.1. The summed E-state index contributed by atoms with van der Waals surface area (Å²) in [6.45, 7) is 7.44. The molecule has 0 aliphatic carbocycles. The fraction of sp³-hybridized carbons (Fsp3) is 0.522. The van der Waals surface area contributed by atoms with Crippen molar-refractivity contribution in [3.8, 4) is 17.0 Å². The first-order chi connectivity index (χ1) is 12.2. The topological polar surface area (TPSA) is 22.1 Å². The molecule has 2 aromatic rings. The minimum absolute atomic E-state index is 0.565. The van der Waals surface area contributed by atoms with E-state index in [1.54, 1.807) is 0 Å². The van der Waals surface area contributed by atoms with Crippen LogP contribution in [-0.4, -0.2) is 11.6 Å². The molecular formula is C23H33NO. The highest BCUT2D eigenvalue weighted by Crippen LogP contribution is 2.29. The Hall–Kier alpha value is -1.83. The second-order valence-corrected chi connectivity index (χ2v) is 7.03. The quantitative estimate of drug-likeness (QED) is 0.426. The van der Waals surface area contributed by atoms with Gasteiger partial charge in [0, 0.05) is 11.8 Å². The minimum Gasteiger partial charge on any atom is -0.493 e. The van der Waals surface area contributed by atoms with Gasteiger partial charge in [-0.05, 0) is 48.6 Å². The standard InChI is InChI=1S/C23H33NO/c1-4-6-7-8-9-12-20-15-16-24-22(17-20)21-13-10-11-14-23(21)25-18-19(3)5-2/h10-11,13-17,19H,4-9,12,18H2,1-3H3. The van der Waals surface area contributed by atoms with Crippen LogP contribution in [0.4, 0.5) is 0 Å². The van der Waals surface area contributed by atoms with Gasteiger partial charge in [0.1, 0.15) is 5.75 Å². The van der Waals surface area contributed by atoms with E-state index in [-0.39, 0.29) is 0 Å². The van der Waals surface area contributed by atoms with Gasteiger partial charge in [-0.25, -0.2) is 0 Å². The Balaban J connectivity index is 2.04. The number of nitrogens with zero attached hydrogens (tertiary/aromatic N) is 1. The van der Waals surface area contributed by atoms with E-state index in [0.717, 1.165) is 36.5 Å². The molecule has 0 aliphatic heterocycles. The van der Waals surface area contributed by atoms with Crippen molar-refractivity contribution in [2.24, 2.45) is 5.92 Å². The third-order valence-electron chi connectivity index (χ3n) is 4.78. The molecule has 0 bridgehead atoms. The fourth-order valence-electron chi connectivity index (χ4n) is 2.86. The Morgan fingerprint density at radius 3 is 2.60 bits per heavy atom. The monoisotopic (exact) mass is 339 g/mol. The van der Waals surface area contributed by atoms with Gasteiger partial charge in [-0.1, -0.05) is 65.0 Å². The van der Waals surface area contributed by atoms with Crippen LogP contribution < -0.4 is 4.74 Å². The van der Waals surface area contributed by atoms with Crippen LogP contribution in [0.15, 0.2) is 42.6 Å². The molecule has 0 amide bonds. The lowest BCUT2D eigenvalue weighted by molar-refractivity contribution is 0.257. The highest BCUT2D eigenvalue weighted by atomic mass is 16.5. The first-order valence-corrected chi connectivity index (χ1v) is 9.91. The largest absolute Gasteiger partial charge is 0.493 e. The summed E-state index contributed by atoms with van der Waals surface area (Å²) in [6.07, 6.45) is 10.8. The number of hydrogen-bond donors (Lipinski definition) is 0. The first-order valence-electron chi connectivity index (χ1n) is 9.91. The summed E-state index contributed by atoms with van der Waals surface area (Å²) in [5, 5.41) is 0. The van der Waals surface area contributed by atoms with Gasteiger partial charge in [0.05, 0.1) is 12.3 Å². The molecule has 0 saturated carbocycles. The van der Waals surface area contributed by atoms with E-state index >= 15 is 0 Å². The number of unbranched alkanes of at least 4 members (excludes halogenated alkanes) is 4. The van der Waals surface area contributed by atoms with Gasteiger partial charge in [-0.3, -0.25) is 4.98 Å². The predicted octanol–water partition coefficient (Wildman–Crippen LogP) is 6.69. The average Bonchev–Trinajstić information content (AvgIpc) is 2.66. The molecule has 0 saturated heterocycles. The van der Waals surface area contributed by atoms with Crippen molar-refractivity contribution in [3.05, 3.63) is 48.2 Å². The predicted molar refractivity (Wildman–Crippen MR) is 107 cm³/mol. The van der Waals surface area contributed by atoms with Crippen LogP contribution in [0.25, 0.3) is 11.3 Å². The van der Waals surface area contributed by atoms with Crippen molar-refractivity contribution in [1.29, 1.82) is 0 Å². The normalized spacial score (nSPS) is 12.1. The second kappa shape index (κ2) is 10.9. The maximum absolute atomic E-state index is 6.07. The Morgan fingerprint density at radius 2 is 1.80 bits per heavy atom. The van der Waals surface area contributed by atoms with Crippen LogP contribution >= 0.6 is 0 Å². The summed E-state index contributed by atoms with van der Waals surface area (Å²) in [7, 11) is 0. The van der Waals surface area contributed by atoms with E-state index in [4.69, 9.17) is 4.74 Å². The van der Waals surface area contributed by atoms with E-state index in [0.29, 0.717) is 5.92 Å². The van der Waals surface area contributed by atoms with E-state index in [1.165, 1.54) is 37.7 Å². The second-order valence-electron chi connectivity index (χ2n) is 7.03. The van der Waals surface area contributed by atoms with Crippen LogP contribution in [0, 0.1) is 5.92 Å². The maximum atomic E-state index is 6.07. The Kier molecular flexibility index (Phi) is 8.51. The molecule has 1 aromatic heterocycles. The third kappa shape index (κ3) is 6.53. The molecule has 0 aliphatic rings. The lowest BCUT2D eigenvalue weighted by atomic mass is 10.0. The molecule has 0 fully saturated rings. The number of benzene rings is 1. The van der Waals surface area contributed by atoms with E-state index in [9.17, 15) is 0 Å². The van der Waals surface area contributed by atoms with Crippen molar-refractivity contribution in [3.63, 3.8) is 0 Å². The average molecular weight is 340 g/mol. The number of ether oxygens (including phenoxy) is 1. The molecule has 2 nitrogen and oxygen atoms in total. The van der Waals surface area contributed by atoms with Gasteiger partial charge in [0.15, 0.2) is 0 Å². The lowest BCUT2D eigenvalue weighted by Gasteiger charge is -2.14. The molecule has 25 heavy (non-hydrogen) atoms. The highest BCUT2D eigenvalue weighted by molar-refractivity contribution is 5.67. The fourth-order valence-corrected chi connectivity index (χ4v) is 2.86. The number of rotatable bonds is 11. The van der Waals surface area contributed by atoms with Gasteiger partial charge >= 0.3 is 0 Å². The van der Waals surface area contributed by atoms with Crippen LogP contribution in [0.3, 0.4) is 0 Å². The summed E-state index contributed by atoms with van der Waals surface area (Å²) in [6, 6.07) is 12.6. The summed E-state index contributed by atoms with van der Waals surface area (Å²) in [5.74, 6) is 1.51. The van der Waals surface area contributed by atoms with Crippen molar-refractivity contribution in [1.82, 2.24) is 4.98 Å². The number of aromatic nitrogens is 1. The molecule has 2 rings (SSSR count). The molecule has 1 atom stereocenters. The zero-order valence-corrected chi connectivity index (χ0v) is 16.1. The summed E-state index contributed by atoms with van der Waals surface area (Å²) in [4.78, 5) is 4.60. The van der Waals surface area contributed by atoms with Gasteiger partial charge in [-0.2, -0.15) is 0 Å². The van der Waals surface area contributed by atoms with Crippen molar-refractivity contribution in [2.75, 3.05) is 6.61 Å². The van der Waals surface area contributed by atoms with Gasteiger partial charge in [0.25, 0.3) is 0 Å². The Bertz CT molecular complexity index is 623.